The zero-order valence-electron chi connectivity index (χ0n) is 15.7. The largest absolute Gasteiger partial charge is 0.318 e. The van der Waals surface area contributed by atoms with Crippen LogP contribution >= 0.6 is 11.8 Å². The number of aliphatic imine (C=N–C) groups is 1. The van der Waals surface area contributed by atoms with E-state index in [1.54, 1.807) is 11.0 Å². The summed E-state index contributed by atoms with van der Waals surface area (Å²) in [6, 6.07) is 10.3. The summed E-state index contributed by atoms with van der Waals surface area (Å²) in [7, 11) is 0. The summed E-state index contributed by atoms with van der Waals surface area (Å²) in [5.41, 5.74) is 5.67. The number of amides is 1. The maximum Gasteiger partial charge on any atom is 0.283 e. The van der Waals surface area contributed by atoms with Crippen molar-refractivity contribution in [1.29, 1.82) is 5.41 Å². The molecule has 0 fully saturated rings. The molecule has 1 aromatic carbocycles. The van der Waals surface area contributed by atoms with Crippen LogP contribution in [0.1, 0.15) is 29.4 Å². The van der Waals surface area contributed by atoms with Crippen molar-refractivity contribution in [1.82, 2.24) is 9.47 Å². The topological polar surface area (TPSA) is 61.5 Å². The van der Waals surface area contributed by atoms with Crippen molar-refractivity contribution < 1.29 is 4.79 Å². The summed E-state index contributed by atoms with van der Waals surface area (Å²) in [6.45, 7) is 8.12. The van der Waals surface area contributed by atoms with Gasteiger partial charge in [-0.15, -0.1) is 0 Å². The van der Waals surface area contributed by atoms with Crippen molar-refractivity contribution >= 4 is 34.7 Å². The summed E-state index contributed by atoms with van der Waals surface area (Å²) in [5, 5.41) is 9.02. The van der Waals surface area contributed by atoms with Gasteiger partial charge in [-0.3, -0.25) is 15.1 Å². The molecule has 2 aliphatic rings. The second-order valence-electron chi connectivity index (χ2n) is 6.77. The standard InChI is InChI=1S/C21H20N4OS/c1-12-7-5-6-8-18(12)25-13(2)9-16(15(25)4)10-17-19(22)24-11-14(3)27-21(24)23-20(17)26/h5-11,22H,1-4H3. The fraction of sp³-hybridized carbons (Fsp3) is 0.190. The Morgan fingerprint density at radius 2 is 1.89 bits per heavy atom. The van der Waals surface area contributed by atoms with Gasteiger partial charge in [0.2, 0.25) is 0 Å². The van der Waals surface area contributed by atoms with Crippen molar-refractivity contribution in [3.8, 4) is 5.69 Å². The fourth-order valence-corrected chi connectivity index (χ4v) is 4.29. The molecule has 0 unspecified atom stereocenters. The lowest BCUT2D eigenvalue weighted by molar-refractivity contribution is -0.114. The Kier molecular flexibility index (Phi) is 4.15. The molecule has 0 aliphatic carbocycles. The molecule has 1 N–H and O–H groups in total. The Bertz CT molecular complexity index is 1090. The first kappa shape index (κ1) is 17.5. The van der Waals surface area contributed by atoms with Crippen LogP contribution in [0.2, 0.25) is 0 Å². The number of thioether (sulfide) groups is 1. The summed E-state index contributed by atoms with van der Waals surface area (Å²) < 4.78 is 2.18. The fourth-order valence-electron chi connectivity index (χ4n) is 3.48. The number of fused-ring (bicyclic) bond motifs is 1. The number of benzene rings is 1. The molecule has 136 valence electrons. The van der Waals surface area contributed by atoms with Crippen LogP contribution in [0.3, 0.4) is 0 Å². The molecule has 2 aliphatic heterocycles. The second kappa shape index (κ2) is 6.39. The van der Waals surface area contributed by atoms with E-state index in [0.29, 0.717) is 10.7 Å². The van der Waals surface area contributed by atoms with Gasteiger partial charge in [0.1, 0.15) is 5.84 Å². The summed E-state index contributed by atoms with van der Waals surface area (Å²) in [5.74, 6) is -0.183. The molecule has 1 aromatic heterocycles. The zero-order valence-corrected chi connectivity index (χ0v) is 16.5. The molecule has 6 heteroatoms. The lowest BCUT2D eigenvalue weighted by atomic mass is 10.1. The normalized spacial score (nSPS) is 18.1. The molecule has 0 bridgehead atoms. The molecule has 5 nitrogen and oxygen atoms in total. The van der Waals surface area contributed by atoms with Crippen LogP contribution in [0.4, 0.5) is 0 Å². The van der Waals surface area contributed by atoms with Gasteiger partial charge in [-0.1, -0.05) is 30.0 Å². The van der Waals surface area contributed by atoms with Gasteiger partial charge in [-0.2, -0.15) is 4.99 Å². The number of nitrogens with one attached hydrogen (secondary N) is 1. The Hall–Kier alpha value is -2.86. The van der Waals surface area contributed by atoms with E-state index in [9.17, 15) is 4.79 Å². The SMILES string of the molecule is CC1=CN2C(=N)C(=Cc3cc(C)n(-c4ccccc4C)c3C)C(=O)N=C2S1. The van der Waals surface area contributed by atoms with E-state index in [2.05, 4.69) is 35.5 Å². The zero-order chi connectivity index (χ0) is 19.3. The van der Waals surface area contributed by atoms with E-state index in [-0.39, 0.29) is 11.7 Å². The Morgan fingerprint density at radius 3 is 2.63 bits per heavy atom. The van der Waals surface area contributed by atoms with Crippen molar-refractivity contribution in [3.05, 3.63) is 69.5 Å². The highest BCUT2D eigenvalue weighted by atomic mass is 32.2. The summed E-state index contributed by atoms with van der Waals surface area (Å²) >= 11 is 1.42. The highest BCUT2D eigenvalue weighted by Gasteiger charge is 2.33. The van der Waals surface area contributed by atoms with E-state index in [0.717, 1.165) is 27.5 Å². The number of hydrogen-bond donors (Lipinski definition) is 1. The van der Waals surface area contributed by atoms with Crippen LogP contribution in [0.5, 0.6) is 0 Å². The number of para-hydroxylation sites is 1. The van der Waals surface area contributed by atoms with E-state index >= 15 is 0 Å². The minimum Gasteiger partial charge on any atom is -0.318 e. The molecule has 0 saturated carbocycles. The number of hydrogen-bond acceptors (Lipinski definition) is 3. The number of allylic oxidation sites excluding steroid dienone is 1. The third kappa shape index (κ3) is 2.86. The molecular weight excluding hydrogens is 356 g/mol. The number of aromatic nitrogens is 1. The van der Waals surface area contributed by atoms with Crippen LogP contribution in [0.15, 0.2) is 52.0 Å². The molecule has 27 heavy (non-hydrogen) atoms. The maximum atomic E-state index is 12.5. The third-order valence-corrected chi connectivity index (χ3v) is 5.72. The van der Waals surface area contributed by atoms with Gasteiger partial charge < -0.3 is 4.57 Å². The van der Waals surface area contributed by atoms with Gasteiger partial charge in [0.05, 0.1) is 5.57 Å². The average molecular weight is 376 g/mol. The smallest absolute Gasteiger partial charge is 0.283 e. The highest BCUT2D eigenvalue weighted by molar-refractivity contribution is 8.17. The van der Waals surface area contributed by atoms with Crippen LogP contribution in [0.25, 0.3) is 11.8 Å². The van der Waals surface area contributed by atoms with Crippen LogP contribution in [0, 0.1) is 26.2 Å². The molecule has 0 radical (unpaired) electrons. The number of carbonyl (C=O) groups excluding carboxylic acids is 1. The van der Waals surface area contributed by atoms with Gasteiger partial charge in [-0.25, -0.2) is 0 Å². The first-order valence-corrected chi connectivity index (χ1v) is 9.52. The Morgan fingerprint density at radius 1 is 1.15 bits per heavy atom. The van der Waals surface area contributed by atoms with Crippen molar-refractivity contribution in [3.63, 3.8) is 0 Å². The molecule has 1 amide bonds. The van der Waals surface area contributed by atoms with E-state index in [1.807, 2.05) is 38.2 Å². The Balaban J connectivity index is 1.80. The molecule has 0 atom stereocenters. The van der Waals surface area contributed by atoms with Crippen molar-refractivity contribution in [2.24, 2.45) is 4.99 Å². The van der Waals surface area contributed by atoms with Crippen LogP contribution < -0.4 is 0 Å². The number of carbonyl (C=O) groups is 1. The van der Waals surface area contributed by atoms with Gasteiger partial charge in [-0.05, 0) is 57.0 Å². The lowest BCUT2D eigenvalue weighted by Gasteiger charge is -2.22. The monoisotopic (exact) mass is 376 g/mol. The first-order valence-electron chi connectivity index (χ1n) is 8.71. The van der Waals surface area contributed by atoms with E-state index < -0.39 is 0 Å². The molecule has 2 aromatic rings. The number of amidine groups is 2. The van der Waals surface area contributed by atoms with Crippen molar-refractivity contribution in [2.75, 3.05) is 0 Å². The Labute approximate surface area is 162 Å². The molecule has 0 saturated heterocycles. The predicted molar refractivity (Wildman–Crippen MR) is 111 cm³/mol. The third-order valence-electron chi connectivity index (χ3n) is 4.82. The van der Waals surface area contributed by atoms with Gasteiger partial charge >= 0.3 is 0 Å². The maximum absolute atomic E-state index is 12.5. The average Bonchev–Trinajstić information content (AvgIpc) is 3.12. The van der Waals surface area contributed by atoms with Crippen molar-refractivity contribution in [2.45, 2.75) is 27.7 Å². The van der Waals surface area contributed by atoms with Gasteiger partial charge in [0.15, 0.2) is 5.17 Å². The molecule has 4 rings (SSSR count). The molecule has 0 spiro atoms. The predicted octanol–water partition coefficient (Wildman–Crippen LogP) is 4.57. The second-order valence-corrected chi connectivity index (χ2v) is 7.98. The summed E-state index contributed by atoms with van der Waals surface area (Å²) in [6.07, 6.45) is 3.64. The number of rotatable bonds is 2. The minimum atomic E-state index is -0.359. The van der Waals surface area contributed by atoms with Crippen LogP contribution in [-0.2, 0) is 4.79 Å². The van der Waals surface area contributed by atoms with E-state index in [1.165, 1.54) is 17.3 Å². The minimum absolute atomic E-state index is 0.176. The highest BCUT2D eigenvalue weighted by Crippen LogP contribution is 2.33. The van der Waals surface area contributed by atoms with E-state index in [4.69, 9.17) is 5.41 Å². The van der Waals surface area contributed by atoms with Crippen LogP contribution in [-0.4, -0.2) is 26.4 Å². The number of aryl methyl sites for hydroxylation is 2. The lowest BCUT2D eigenvalue weighted by Crippen LogP contribution is -2.35. The quantitative estimate of drug-likeness (QED) is 0.781. The molecular formula is C21H20N4OS. The van der Waals surface area contributed by atoms with Gasteiger partial charge in [0.25, 0.3) is 5.91 Å². The summed E-state index contributed by atoms with van der Waals surface area (Å²) in [4.78, 5) is 19.4. The molecule has 3 heterocycles. The van der Waals surface area contributed by atoms with Gasteiger partial charge in [0, 0.05) is 28.2 Å². The first-order chi connectivity index (χ1) is 12.9. The number of nitrogens with zero attached hydrogens (tertiary/aromatic N) is 3.